The fourth-order valence-corrected chi connectivity index (χ4v) is 2.51. The minimum absolute atomic E-state index is 0.0557. The maximum atomic E-state index is 11.9. The highest BCUT2D eigenvalue weighted by Crippen LogP contribution is 2.21. The van der Waals surface area contributed by atoms with Gasteiger partial charge in [0.05, 0.1) is 7.11 Å². The van der Waals surface area contributed by atoms with E-state index < -0.39 is 36.6 Å². The molecule has 5 atom stereocenters. The summed E-state index contributed by atoms with van der Waals surface area (Å²) in [6.45, 7) is -0.0557. The van der Waals surface area contributed by atoms with Crippen LogP contribution in [0.2, 0.25) is 0 Å². The molecule has 0 aromatic heterocycles. The van der Waals surface area contributed by atoms with E-state index in [1.165, 1.54) is 13.2 Å². The molecule has 2 unspecified atom stereocenters. The van der Waals surface area contributed by atoms with Crippen molar-refractivity contribution in [1.29, 1.82) is 0 Å². The Morgan fingerprint density at radius 2 is 1.92 bits per heavy atom. The highest BCUT2D eigenvalue weighted by Gasteiger charge is 2.43. The summed E-state index contributed by atoms with van der Waals surface area (Å²) in [4.78, 5) is 11.9. The van der Waals surface area contributed by atoms with Crippen LogP contribution in [0.5, 0.6) is 5.75 Å². The minimum atomic E-state index is -1.43. The third-order valence-electron chi connectivity index (χ3n) is 3.93. The molecule has 0 radical (unpaired) electrons. The number of aliphatic hydroxyl groups is 3. The first-order valence-corrected chi connectivity index (χ1v) is 7.79. The van der Waals surface area contributed by atoms with Crippen LogP contribution in [0.4, 0.5) is 0 Å². The number of carbonyl (C=O) groups is 1. The number of benzene rings is 1. The van der Waals surface area contributed by atoms with Gasteiger partial charge in [-0.15, -0.1) is 0 Å². The number of hydrogen-bond acceptors (Lipinski definition) is 7. The van der Waals surface area contributed by atoms with Gasteiger partial charge < -0.3 is 34.8 Å². The van der Waals surface area contributed by atoms with Crippen LogP contribution >= 0.6 is 0 Å². The molecule has 1 aliphatic rings. The molecular formula is C17H23NO7. The number of ether oxygens (including phenoxy) is 3. The molecule has 0 aliphatic carbocycles. The van der Waals surface area contributed by atoms with Crippen molar-refractivity contribution in [2.24, 2.45) is 0 Å². The lowest BCUT2D eigenvalue weighted by atomic mass is 9.99. The highest BCUT2D eigenvalue weighted by molar-refractivity contribution is 5.92. The number of nitrogens with one attached hydrogen (secondary N) is 1. The van der Waals surface area contributed by atoms with Crippen molar-refractivity contribution in [2.45, 2.75) is 30.7 Å². The molecule has 8 nitrogen and oxygen atoms in total. The van der Waals surface area contributed by atoms with Gasteiger partial charge >= 0.3 is 0 Å². The summed E-state index contributed by atoms with van der Waals surface area (Å²) in [6, 6.07) is 7.23. The Kier molecular flexibility index (Phi) is 6.91. The molecule has 2 rings (SSSR count). The van der Waals surface area contributed by atoms with Crippen LogP contribution in [0.25, 0.3) is 6.08 Å². The molecule has 1 heterocycles. The minimum Gasteiger partial charge on any atom is -0.496 e. The average molecular weight is 353 g/mol. The zero-order valence-corrected chi connectivity index (χ0v) is 14.0. The fraction of sp³-hybridized carbons (Fsp3) is 0.471. The van der Waals surface area contributed by atoms with Crippen molar-refractivity contribution in [3.8, 4) is 5.75 Å². The lowest BCUT2D eigenvalue weighted by Gasteiger charge is -2.39. The standard InChI is InChI=1S/C17H23NO7/c1-23-11-6-4-3-5-10(11)7-8-13(19)18-9-12-14(20)15(21)16(22)17(24-2)25-12/h3-8,12,14-17,20-22H,9H2,1-2H3,(H,18,19)/b8-7+/t12-,14?,15-,16+,17?/m1/s1. The van der Waals surface area contributed by atoms with Crippen LogP contribution in [0.3, 0.4) is 0 Å². The Balaban J connectivity index is 1.92. The second-order valence-corrected chi connectivity index (χ2v) is 5.57. The molecule has 1 aromatic rings. The summed E-state index contributed by atoms with van der Waals surface area (Å²) in [7, 11) is 2.85. The van der Waals surface area contributed by atoms with E-state index in [1.54, 1.807) is 25.3 Å². The zero-order valence-electron chi connectivity index (χ0n) is 14.0. The van der Waals surface area contributed by atoms with Crippen molar-refractivity contribution >= 4 is 12.0 Å². The molecule has 0 saturated carbocycles. The molecule has 1 fully saturated rings. The second kappa shape index (κ2) is 8.93. The van der Waals surface area contributed by atoms with Gasteiger partial charge in [0.1, 0.15) is 30.2 Å². The van der Waals surface area contributed by atoms with Gasteiger partial charge in [-0.1, -0.05) is 18.2 Å². The van der Waals surface area contributed by atoms with E-state index in [1.807, 2.05) is 12.1 Å². The first kappa shape index (κ1) is 19.4. The Bertz CT molecular complexity index is 604. The molecule has 1 amide bonds. The van der Waals surface area contributed by atoms with Crippen LogP contribution in [0.1, 0.15) is 5.56 Å². The topological polar surface area (TPSA) is 117 Å². The van der Waals surface area contributed by atoms with E-state index in [2.05, 4.69) is 5.32 Å². The molecule has 8 heteroatoms. The van der Waals surface area contributed by atoms with E-state index in [9.17, 15) is 20.1 Å². The van der Waals surface area contributed by atoms with Crippen LogP contribution < -0.4 is 10.1 Å². The summed E-state index contributed by atoms with van der Waals surface area (Å²) in [6.07, 6.45) is -3.20. The first-order valence-electron chi connectivity index (χ1n) is 7.79. The average Bonchev–Trinajstić information content (AvgIpc) is 2.64. The van der Waals surface area contributed by atoms with Crippen molar-refractivity contribution in [3.05, 3.63) is 35.9 Å². The fourth-order valence-electron chi connectivity index (χ4n) is 2.51. The van der Waals surface area contributed by atoms with E-state index in [0.717, 1.165) is 5.56 Å². The highest BCUT2D eigenvalue weighted by atomic mass is 16.7. The Morgan fingerprint density at radius 3 is 2.60 bits per heavy atom. The molecular weight excluding hydrogens is 330 g/mol. The summed E-state index contributed by atoms with van der Waals surface area (Å²) >= 11 is 0. The predicted octanol–water partition coefficient (Wildman–Crippen LogP) is -0.721. The normalized spacial score (nSPS) is 29.6. The third-order valence-corrected chi connectivity index (χ3v) is 3.93. The largest absolute Gasteiger partial charge is 0.496 e. The van der Waals surface area contributed by atoms with E-state index in [0.29, 0.717) is 5.75 Å². The number of methoxy groups -OCH3 is 2. The van der Waals surface area contributed by atoms with E-state index in [-0.39, 0.29) is 6.54 Å². The molecule has 138 valence electrons. The summed E-state index contributed by atoms with van der Waals surface area (Å²) < 4.78 is 15.4. The van der Waals surface area contributed by atoms with Crippen molar-refractivity contribution < 1.29 is 34.3 Å². The molecule has 4 N–H and O–H groups in total. The summed E-state index contributed by atoms with van der Waals surface area (Å²) in [5.41, 5.74) is 0.743. The van der Waals surface area contributed by atoms with Gasteiger partial charge in [-0.25, -0.2) is 0 Å². The van der Waals surface area contributed by atoms with Gasteiger partial charge in [-0.05, 0) is 12.1 Å². The summed E-state index contributed by atoms with van der Waals surface area (Å²) in [5.74, 6) is 0.230. The summed E-state index contributed by atoms with van der Waals surface area (Å²) in [5, 5.41) is 32.0. The van der Waals surface area contributed by atoms with Gasteiger partial charge in [0.2, 0.25) is 5.91 Å². The molecule has 25 heavy (non-hydrogen) atoms. The number of rotatable bonds is 6. The van der Waals surface area contributed by atoms with Gasteiger partial charge in [0.25, 0.3) is 0 Å². The smallest absolute Gasteiger partial charge is 0.244 e. The van der Waals surface area contributed by atoms with Crippen molar-refractivity contribution in [2.75, 3.05) is 20.8 Å². The quantitative estimate of drug-likeness (QED) is 0.499. The van der Waals surface area contributed by atoms with Crippen molar-refractivity contribution in [1.82, 2.24) is 5.32 Å². The maximum Gasteiger partial charge on any atom is 0.244 e. The van der Waals surface area contributed by atoms with Crippen LogP contribution in [0, 0.1) is 0 Å². The van der Waals surface area contributed by atoms with E-state index >= 15 is 0 Å². The molecule has 0 spiro atoms. The zero-order chi connectivity index (χ0) is 18.4. The monoisotopic (exact) mass is 353 g/mol. The Labute approximate surface area is 145 Å². The van der Waals surface area contributed by atoms with Gasteiger partial charge in [0, 0.05) is 25.3 Å². The van der Waals surface area contributed by atoms with Crippen LogP contribution in [0.15, 0.2) is 30.3 Å². The maximum absolute atomic E-state index is 11.9. The van der Waals surface area contributed by atoms with Gasteiger partial charge in [0.15, 0.2) is 6.29 Å². The Morgan fingerprint density at radius 1 is 1.20 bits per heavy atom. The molecule has 1 aromatic carbocycles. The van der Waals surface area contributed by atoms with E-state index in [4.69, 9.17) is 14.2 Å². The third kappa shape index (κ3) is 4.77. The predicted molar refractivity (Wildman–Crippen MR) is 88.7 cm³/mol. The molecule has 1 aliphatic heterocycles. The number of aliphatic hydroxyl groups excluding tert-OH is 3. The lowest BCUT2D eigenvalue weighted by molar-refractivity contribution is -0.288. The Hall–Kier alpha value is -1.97. The molecule has 0 bridgehead atoms. The number of amides is 1. The van der Waals surface area contributed by atoms with Gasteiger partial charge in [-0.3, -0.25) is 4.79 Å². The SMILES string of the molecule is COc1ccccc1/C=C/C(=O)NC[C@H]1OC(OC)[C@@H](O)[C@H](O)C1O. The lowest BCUT2D eigenvalue weighted by Crippen LogP contribution is -2.60. The second-order valence-electron chi connectivity index (χ2n) is 5.57. The first-order chi connectivity index (χ1) is 12.0. The molecule has 1 saturated heterocycles. The number of para-hydroxylation sites is 1. The van der Waals surface area contributed by atoms with Gasteiger partial charge in [-0.2, -0.15) is 0 Å². The number of hydrogen-bond donors (Lipinski definition) is 4. The number of carbonyl (C=O) groups excluding carboxylic acids is 1. The van der Waals surface area contributed by atoms with Crippen LogP contribution in [-0.4, -0.2) is 72.7 Å². The van der Waals surface area contributed by atoms with Crippen molar-refractivity contribution in [3.63, 3.8) is 0 Å². The van der Waals surface area contributed by atoms with Crippen LogP contribution in [-0.2, 0) is 14.3 Å².